The van der Waals surface area contributed by atoms with Crippen LogP contribution >= 0.6 is 11.3 Å². The van der Waals surface area contributed by atoms with E-state index in [1.165, 1.54) is 35.6 Å². The largest absolute Gasteiger partial charge is 0.490 e. The van der Waals surface area contributed by atoms with Gasteiger partial charge >= 0.3 is 18.1 Å². The molecule has 8 nitrogen and oxygen atoms in total. The summed E-state index contributed by atoms with van der Waals surface area (Å²) >= 11 is 1.20. The van der Waals surface area contributed by atoms with Gasteiger partial charge in [-0.05, 0) is 67.3 Å². The minimum Gasteiger partial charge on any atom is -0.480 e. The van der Waals surface area contributed by atoms with Gasteiger partial charge in [-0.1, -0.05) is 24.3 Å². The number of carboxylic acids is 2. The molecule has 1 atom stereocenters. The van der Waals surface area contributed by atoms with E-state index in [0.29, 0.717) is 23.7 Å². The predicted molar refractivity (Wildman–Crippen MR) is 142 cm³/mol. The fraction of sp³-hybridized carbons (Fsp3) is 0.259. The second-order valence-corrected chi connectivity index (χ2v) is 9.69. The summed E-state index contributed by atoms with van der Waals surface area (Å²) < 4.78 is 58.7. The summed E-state index contributed by atoms with van der Waals surface area (Å²) in [4.78, 5) is 38.4. The quantitative estimate of drug-likeness (QED) is 0.110. The van der Waals surface area contributed by atoms with E-state index in [0.717, 1.165) is 16.0 Å². The zero-order chi connectivity index (χ0) is 30.7. The van der Waals surface area contributed by atoms with Gasteiger partial charge < -0.3 is 21.3 Å². The molecule has 5 N–H and O–H groups in total. The number of nitrogens with one attached hydrogen (secondary N) is 1. The third kappa shape index (κ3) is 10.6. The number of alkyl halides is 3. The van der Waals surface area contributed by atoms with Crippen LogP contribution in [0.2, 0.25) is 0 Å². The maximum atomic E-state index is 13.5. The van der Waals surface area contributed by atoms with E-state index in [2.05, 4.69) is 10.3 Å². The molecule has 0 aliphatic carbocycles. The van der Waals surface area contributed by atoms with Crippen molar-refractivity contribution in [2.75, 3.05) is 6.54 Å². The Hall–Kier alpha value is -4.33. The number of carbonyl (C=O) groups is 3. The number of nitrogens with zero attached hydrogens (tertiary/aromatic N) is 1. The molecule has 0 radical (unpaired) electrons. The molecule has 0 spiro atoms. The molecule has 0 unspecified atom stereocenters. The molecule has 1 aromatic heterocycles. The Kier molecular flexibility index (Phi) is 11.9. The number of halogens is 5. The van der Waals surface area contributed by atoms with Crippen LogP contribution < -0.4 is 11.1 Å². The van der Waals surface area contributed by atoms with Crippen LogP contribution in [0.4, 0.5) is 22.0 Å². The lowest BCUT2D eigenvalue weighted by molar-refractivity contribution is -0.192. The Morgan fingerprint density at radius 3 is 1.83 bits per heavy atom. The monoisotopic (exact) mass is 599 g/mol. The number of amides is 1. The van der Waals surface area contributed by atoms with Crippen molar-refractivity contribution >= 4 is 35.0 Å². The molecule has 3 aromatic rings. The van der Waals surface area contributed by atoms with E-state index in [4.69, 9.17) is 15.6 Å². The lowest BCUT2D eigenvalue weighted by Gasteiger charge is -2.17. The van der Waals surface area contributed by atoms with Gasteiger partial charge in [0.25, 0.3) is 5.91 Å². The average Bonchev–Trinajstić information content (AvgIpc) is 3.37. The summed E-state index contributed by atoms with van der Waals surface area (Å²) in [5.74, 6) is -5.07. The molecule has 1 heterocycles. The fourth-order valence-corrected chi connectivity index (χ4v) is 4.57. The number of rotatable bonds is 10. The zero-order valence-corrected chi connectivity index (χ0v) is 22.3. The first-order chi connectivity index (χ1) is 19.2. The van der Waals surface area contributed by atoms with Gasteiger partial charge in [0.2, 0.25) is 0 Å². The number of benzene rings is 2. The molecule has 14 heteroatoms. The summed E-state index contributed by atoms with van der Waals surface area (Å²) in [6, 6.07) is 14.3. The van der Waals surface area contributed by atoms with Crippen LogP contribution in [0.25, 0.3) is 0 Å². The van der Waals surface area contributed by atoms with E-state index in [-0.39, 0.29) is 24.0 Å². The van der Waals surface area contributed by atoms with E-state index in [1.54, 1.807) is 43.3 Å². The number of amidine groups is 1. The van der Waals surface area contributed by atoms with Crippen molar-refractivity contribution in [3.8, 4) is 0 Å². The Morgan fingerprint density at radius 2 is 1.41 bits per heavy atom. The van der Waals surface area contributed by atoms with Crippen LogP contribution in [-0.4, -0.2) is 52.7 Å². The molecular formula is C27H26F5N3O5S. The van der Waals surface area contributed by atoms with Gasteiger partial charge in [0, 0.05) is 17.3 Å². The molecule has 0 bridgehead atoms. The smallest absolute Gasteiger partial charge is 0.480 e. The van der Waals surface area contributed by atoms with Crippen molar-refractivity contribution < 1.29 is 46.5 Å². The summed E-state index contributed by atoms with van der Waals surface area (Å²) in [5.41, 5.74) is 7.04. The van der Waals surface area contributed by atoms with Crippen LogP contribution in [0.15, 0.2) is 65.7 Å². The number of hydrogen-bond acceptors (Lipinski definition) is 5. The number of aliphatic carboxylic acids is 2. The number of carbonyl (C=O) groups excluding carboxylic acids is 1. The van der Waals surface area contributed by atoms with Gasteiger partial charge in [-0.15, -0.1) is 11.3 Å². The molecule has 0 saturated carbocycles. The lowest BCUT2D eigenvalue weighted by atomic mass is 9.90. The molecule has 0 aliphatic rings. The minimum absolute atomic E-state index is 0.212. The Bertz CT molecular complexity index is 1310. The van der Waals surface area contributed by atoms with E-state index in [9.17, 15) is 36.6 Å². The van der Waals surface area contributed by atoms with Crippen LogP contribution in [0.1, 0.15) is 51.4 Å². The molecule has 0 saturated heterocycles. The summed E-state index contributed by atoms with van der Waals surface area (Å²) in [6.07, 6.45) is -4.41. The number of nitrogens with two attached hydrogens (primary N) is 1. The van der Waals surface area contributed by atoms with Crippen molar-refractivity contribution in [3.05, 3.63) is 93.2 Å². The lowest BCUT2D eigenvalue weighted by Crippen LogP contribution is -2.40. The number of aliphatic imine (C=N–C) groups is 1. The van der Waals surface area contributed by atoms with Crippen molar-refractivity contribution in [2.24, 2.45) is 10.7 Å². The topological polar surface area (TPSA) is 142 Å². The first-order valence-electron chi connectivity index (χ1n) is 11.9. The van der Waals surface area contributed by atoms with Crippen LogP contribution in [-0.2, 0) is 9.59 Å². The average molecular weight is 600 g/mol. The van der Waals surface area contributed by atoms with Gasteiger partial charge in [-0.2, -0.15) is 13.2 Å². The highest BCUT2D eigenvalue weighted by molar-refractivity contribution is 7.14. The number of thiophene rings is 1. The number of carboxylic acid groups (broad SMARTS) is 2. The second-order valence-electron chi connectivity index (χ2n) is 8.57. The molecule has 3 rings (SSSR count). The minimum atomic E-state index is -5.08. The molecular weight excluding hydrogens is 573 g/mol. The second kappa shape index (κ2) is 14.9. The van der Waals surface area contributed by atoms with Crippen molar-refractivity contribution in [1.82, 2.24) is 5.32 Å². The van der Waals surface area contributed by atoms with Crippen LogP contribution in [0.5, 0.6) is 0 Å². The van der Waals surface area contributed by atoms with Gasteiger partial charge in [0.1, 0.15) is 17.7 Å². The highest BCUT2D eigenvalue weighted by Crippen LogP contribution is 2.36. The number of hydrogen-bond donors (Lipinski definition) is 4. The van der Waals surface area contributed by atoms with Gasteiger partial charge in [0.05, 0.1) is 10.7 Å². The maximum absolute atomic E-state index is 13.5. The third-order valence-corrected chi connectivity index (χ3v) is 6.55. The fourth-order valence-electron chi connectivity index (χ4n) is 3.50. The Labute approximate surface area is 235 Å². The van der Waals surface area contributed by atoms with Gasteiger partial charge in [-0.25, -0.2) is 18.4 Å². The first-order valence-corrected chi connectivity index (χ1v) is 12.7. The SMILES string of the molecule is CC(N)=NCCC[C@H](NC(=O)c1ccc(C(c2ccc(F)cc2)c2ccc(F)cc2)s1)C(=O)O.O=C(O)C(F)(F)F. The third-order valence-electron chi connectivity index (χ3n) is 5.40. The van der Waals surface area contributed by atoms with E-state index < -0.39 is 30.1 Å². The molecule has 0 fully saturated rings. The van der Waals surface area contributed by atoms with E-state index >= 15 is 0 Å². The van der Waals surface area contributed by atoms with Crippen molar-refractivity contribution in [2.45, 2.75) is 37.9 Å². The highest BCUT2D eigenvalue weighted by Gasteiger charge is 2.38. The van der Waals surface area contributed by atoms with Crippen LogP contribution in [0.3, 0.4) is 0 Å². The molecule has 0 aliphatic heterocycles. The highest BCUT2D eigenvalue weighted by atomic mass is 32.1. The van der Waals surface area contributed by atoms with Gasteiger partial charge in [0.15, 0.2) is 0 Å². The van der Waals surface area contributed by atoms with Crippen LogP contribution in [0, 0.1) is 11.6 Å². The predicted octanol–water partition coefficient (Wildman–Crippen LogP) is 5.18. The summed E-state index contributed by atoms with van der Waals surface area (Å²) in [7, 11) is 0. The van der Waals surface area contributed by atoms with E-state index in [1.807, 2.05) is 0 Å². The van der Waals surface area contributed by atoms with Crippen molar-refractivity contribution in [1.29, 1.82) is 0 Å². The van der Waals surface area contributed by atoms with Gasteiger partial charge in [-0.3, -0.25) is 9.79 Å². The standard InChI is InChI=1S/C25H25F2N3O3S.C2HF3O2/c1-15(28)29-14-2-3-20(25(32)33)30-24(31)22-13-12-21(34-22)23(16-4-8-18(26)9-5-16)17-6-10-19(27)11-7-17;3-2(4,5)1(6)7/h4-13,20,23H,2-3,14H2,1H3,(H2,28,29)(H,30,31)(H,32,33);(H,6,7)/t20-;/m0./s1. The van der Waals surface area contributed by atoms with Crippen molar-refractivity contribution in [3.63, 3.8) is 0 Å². The first kappa shape index (κ1) is 32.9. The molecule has 41 heavy (non-hydrogen) atoms. The summed E-state index contributed by atoms with van der Waals surface area (Å²) in [6.45, 7) is 2.03. The molecule has 2 aromatic carbocycles. The molecule has 1 amide bonds. The normalized spacial score (nSPS) is 12.3. The molecule has 220 valence electrons. The summed E-state index contributed by atoms with van der Waals surface area (Å²) in [5, 5.41) is 19.2. The Morgan fingerprint density at radius 1 is 0.927 bits per heavy atom. The Balaban J connectivity index is 0.000000745. The zero-order valence-electron chi connectivity index (χ0n) is 21.5. The maximum Gasteiger partial charge on any atom is 0.490 e.